The van der Waals surface area contributed by atoms with Crippen molar-refractivity contribution in [3.63, 3.8) is 0 Å². The van der Waals surface area contributed by atoms with Crippen molar-refractivity contribution in [2.45, 2.75) is 25.9 Å². The number of nitrogens with one attached hydrogen (secondary N) is 3. The molecule has 1 heterocycles. The van der Waals surface area contributed by atoms with Gasteiger partial charge in [0.25, 0.3) is 0 Å². The number of benzene rings is 2. The SMILES string of the molecule is COc1ccc(C)cc1C(C)NC(=O)C1CNNC1c1ccc(Cl)cc1. The summed E-state index contributed by atoms with van der Waals surface area (Å²) in [5.41, 5.74) is 9.41. The lowest BCUT2D eigenvalue weighted by Gasteiger charge is -2.23. The number of rotatable bonds is 5. The van der Waals surface area contributed by atoms with Crippen LogP contribution in [0.25, 0.3) is 0 Å². The van der Waals surface area contributed by atoms with E-state index in [1.54, 1.807) is 7.11 Å². The zero-order chi connectivity index (χ0) is 18.7. The molecule has 1 fully saturated rings. The van der Waals surface area contributed by atoms with Crippen molar-refractivity contribution in [1.29, 1.82) is 0 Å². The summed E-state index contributed by atoms with van der Waals surface area (Å²) < 4.78 is 5.44. The summed E-state index contributed by atoms with van der Waals surface area (Å²) in [6.45, 7) is 4.57. The molecule has 2 aromatic rings. The second-order valence-corrected chi connectivity index (χ2v) is 7.07. The third kappa shape index (κ3) is 4.01. The molecule has 0 radical (unpaired) electrons. The van der Waals surface area contributed by atoms with Gasteiger partial charge in [-0.1, -0.05) is 41.4 Å². The minimum Gasteiger partial charge on any atom is -0.496 e. The van der Waals surface area contributed by atoms with Crippen LogP contribution in [0.3, 0.4) is 0 Å². The Labute approximate surface area is 159 Å². The maximum atomic E-state index is 12.9. The first-order chi connectivity index (χ1) is 12.5. The number of amides is 1. The number of aryl methyl sites for hydroxylation is 1. The molecule has 3 atom stereocenters. The molecule has 1 saturated heterocycles. The molecule has 5 nitrogen and oxygen atoms in total. The maximum Gasteiger partial charge on any atom is 0.226 e. The Kier molecular flexibility index (Phi) is 5.81. The smallest absolute Gasteiger partial charge is 0.226 e. The first kappa shape index (κ1) is 18.7. The molecule has 3 unspecified atom stereocenters. The van der Waals surface area contributed by atoms with Crippen LogP contribution in [0.2, 0.25) is 5.02 Å². The van der Waals surface area contributed by atoms with Gasteiger partial charge in [-0.05, 0) is 37.6 Å². The molecule has 1 aliphatic heterocycles. The molecule has 26 heavy (non-hydrogen) atoms. The van der Waals surface area contributed by atoms with Gasteiger partial charge in [-0.25, -0.2) is 5.43 Å². The van der Waals surface area contributed by atoms with Crippen LogP contribution in [0.5, 0.6) is 5.75 Å². The van der Waals surface area contributed by atoms with Gasteiger partial charge in [0.1, 0.15) is 5.75 Å². The highest BCUT2D eigenvalue weighted by molar-refractivity contribution is 6.30. The number of halogens is 1. The zero-order valence-corrected chi connectivity index (χ0v) is 15.9. The Balaban J connectivity index is 1.74. The molecule has 1 amide bonds. The van der Waals surface area contributed by atoms with Gasteiger partial charge in [0.15, 0.2) is 0 Å². The largest absolute Gasteiger partial charge is 0.496 e. The van der Waals surface area contributed by atoms with Gasteiger partial charge in [-0.3, -0.25) is 10.2 Å². The number of ether oxygens (including phenoxy) is 1. The minimum absolute atomic E-state index is 0.00138. The fraction of sp³-hybridized carbons (Fsp3) is 0.350. The Morgan fingerprint density at radius 3 is 2.69 bits per heavy atom. The van der Waals surface area contributed by atoms with Crippen molar-refractivity contribution in [3.8, 4) is 5.75 Å². The molecule has 0 spiro atoms. The molecule has 3 rings (SSSR count). The summed E-state index contributed by atoms with van der Waals surface area (Å²) in [5.74, 6) is 0.563. The van der Waals surface area contributed by atoms with Crippen molar-refractivity contribution in [2.24, 2.45) is 5.92 Å². The van der Waals surface area contributed by atoms with E-state index in [-0.39, 0.29) is 23.9 Å². The predicted molar refractivity (Wildman–Crippen MR) is 103 cm³/mol. The van der Waals surface area contributed by atoms with Gasteiger partial charge in [-0.2, -0.15) is 0 Å². The number of methoxy groups -OCH3 is 1. The second-order valence-electron chi connectivity index (χ2n) is 6.64. The third-order valence-electron chi connectivity index (χ3n) is 4.76. The number of carbonyl (C=O) groups is 1. The Morgan fingerprint density at radius 2 is 2.00 bits per heavy atom. The third-order valence-corrected chi connectivity index (χ3v) is 5.01. The van der Waals surface area contributed by atoms with Gasteiger partial charge in [0.05, 0.1) is 25.1 Å². The van der Waals surface area contributed by atoms with E-state index in [2.05, 4.69) is 16.2 Å². The number of hydrazine groups is 1. The Morgan fingerprint density at radius 1 is 1.27 bits per heavy atom. The first-order valence-electron chi connectivity index (χ1n) is 8.68. The first-order valence-corrected chi connectivity index (χ1v) is 9.06. The Hall–Kier alpha value is -2.08. The number of hydrogen-bond acceptors (Lipinski definition) is 4. The number of carbonyl (C=O) groups excluding carboxylic acids is 1. The van der Waals surface area contributed by atoms with E-state index in [4.69, 9.17) is 16.3 Å². The molecule has 0 bridgehead atoms. The lowest BCUT2D eigenvalue weighted by Crippen LogP contribution is -2.36. The van der Waals surface area contributed by atoms with E-state index in [0.29, 0.717) is 11.6 Å². The molecule has 3 N–H and O–H groups in total. The fourth-order valence-electron chi connectivity index (χ4n) is 3.32. The van der Waals surface area contributed by atoms with E-state index >= 15 is 0 Å². The summed E-state index contributed by atoms with van der Waals surface area (Å²) in [4.78, 5) is 12.9. The summed E-state index contributed by atoms with van der Waals surface area (Å²) in [6.07, 6.45) is 0. The quantitative estimate of drug-likeness (QED) is 0.752. The van der Waals surface area contributed by atoms with E-state index in [9.17, 15) is 4.79 Å². The van der Waals surface area contributed by atoms with E-state index in [1.165, 1.54) is 0 Å². The molecular formula is C20H24ClN3O2. The van der Waals surface area contributed by atoms with Crippen LogP contribution in [0.15, 0.2) is 42.5 Å². The summed E-state index contributed by atoms with van der Waals surface area (Å²) in [5, 5.41) is 3.81. The lowest BCUT2D eigenvalue weighted by molar-refractivity contribution is -0.125. The van der Waals surface area contributed by atoms with Crippen molar-refractivity contribution < 1.29 is 9.53 Å². The van der Waals surface area contributed by atoms with Crippen LogP contribution >= 0.6 is 11.6 Å². The van der Waals surface area contributed by atoms with E-state index in [0.717, 1.165) is 22.4 Å². The molecule has 6 heteroatoms. The summed E-state index contributed by atoms with van der Waals surface area (Å²) in [7, 11) is 1.64. The summed E-state index contributed by atoms with van der Waals surface area (Å²) in [6, 6.07) is 13.3. The highest BCUT2D eigenvalue weighted by Crippen LogP contribution is 2.29. The van der Waals surface area contributed by atoms with Gasteiger partial charge >= 0.3 is 0 Å². The van der Waals surface area contributed by atoms with Crippen molar-refractivity contribution in [3.05, 3.63) is 64.2 Å². The monoisotopic (exact) mass is 373 g/mol. The van der Waals surface area contributed by atoms with Crippen LogP contribution < -0.4 is 20.9 Å². The normalized spacial score (nSPS) is 20.6. The van der Waals surface area contributed by atoms with Crippen molar-refractivity contribution >= 4 is 17.5 Å². The number of hydrogen-bond donors (Lipinski definition) is 3. The van der Waals surface area contributed by atoms with E-state index in [1.807, 2.05) is 56.3 Å². The van der Waals surface area contributed by atoms with Gasteiger partial charge in [-0.15, -0.1) is 0 Å². The standard InChI is InChI=1S/C20H24ClN3O2/c1-12-4-9-18(26-3)16(10-12)13(2)23-20(25)17-11-22-24-19(17)14-5-7-15(21)8-6-14/h4-10,13,17,19,22,24H,11H2,1-3H3,(H,23,25). The highest BCUT2D eigenvalue weighted by atomic mass is 35.5. The van der Waals surface area contributed by atoms with Crippen LogP contribution in [-0.2, 0) is 4.79 Å². The van der Waals surface area contributed by atoms with Gasteiger partial charge < -0.3 is 10.1 Å². The topological polar surface area (TPSA) is 62.4 Å². The Bertz CT molecular complexity index is 779. The second kappa shape index (κ2) is 8.08. The van der Waals surface area contributed by atoms with E-state index < -0.39 is 0 Å². The molecule has 138 valence electrons. The fourth-order valence-corrected chi connectivity index (χ4v) is 3.44. The molecule has 0 saturated carbocycles. The minimum atomic E-state index is -0.213. The highest BCUT2D eigenvalue weighted by Gasteiger charge is 2.34. The molecule has 0 aliphatic carbocycles. The predicted octanol–water partition coefficient (Wildman–Crippen LogP) is 3.30. The van der Waals surface area contributed by atoms with Crippen molar-refractivity contribution in [1.82, 2.24) is 16.2 Å². The molecular weight excluding hydrogens is 350 g/mol. The molecule has 2 aromatic carbocycles. The average molecular weight is 374 g/mol. The lowest BCUT2D eigenvalue weighted by atomic mass is 9.93. The van der Waals surface area contributed by atoms with Crippen LogP contribution in [-0.4, -0.2) is 19.6 Å². The zero-order valence-electron chi connectivity index (χ0n) is 15.2. The summed E-state index contributed by atoms with van der Waals surface area (Å²) >= 11 is 5.97. The van der Waals surface area contributed by atoms with Crippen LogP contribution in [0.1, 0.15) is 35.7 Å². The van der Waals surface area contributed by atoms with Crippen molar-refractivity contribution in [2.75, 3.05) is 13.7 Å². The average Bonchev–Trinajstić information content (AvgIpc) is 3.12. The molecule has 1 aliphatic rings. The molecule has 0 aromatic heterocycles. The van der Waals surface area contributed by atoms with Crippen LogP contribution in [0, 0.1) is 12.8 Å². The van der Waals surface area contributed by atoms with Crippen LogP contribution in [0.4, 0.5) is 0 Å². The maximum absolute atomic E-state index is 12.9. The van der Waals surface area contributed by atoms with Gasteiger partial charge in [0, 0.05) is 17.1 Å². The van der Waals surface area contributed by atoms with Gasteiger partial charge in [0.2, 0.25) is 5.91 Å².